The average molecular weight is 344 g/mol. The first-order valence-electron chi connectivity index (χ1n) is 9.43. The largest absolute Gasteiger partial charge is 0.372 e. The van der Waals surface area contributed by atoms with Crippen molar-refractivity contribution in [2.24, 2.45) is 0 Å². The first-order chi connectivity index (χ1) is 11.7. The lowest BCUT2D eigenvalue weighted by Crippen LogP contribution is -2.57. The Morgan fingerprint density at radius 3 is 1.92 bits per heavy atom. The van der Waals surface area contributed by atoms with Crippen molar-refractivity contribution in [2.75, 3.05) is 31.1 Å². The molecule has 2 aliphatic rings. The standard InChI is InChI=1S/C21H33N3O/c1-17(18-15-20(2,3)24(25)21(4,5)16-18)22-11-13-23(14-12-22)19-9-7-6-8-10-19/h6-10,25H,11-16H2,1-5H3. The molecule has 3 rings (SSSR count). The highest BCUT2D eigenvalue weighted by Gasteiger charge is 2.43. The van der Waals surface area contributed by atoms with Crippen LogP contribution in [0.4, 0.5) is 5.69 Å². The summed E-state index contributed by atoms with van der Waals surface area (Å²) < 4.78 is 0. The van der Waals surface area contributed by atoms with Crippen LogP contribution in [0.3, 0.4) is 0 Å². The second-order valence-electron chi connectivity index (χ2n) is 8.79. The molecule has 0 atom stereocenters. The fourth-order valence-electron chi connectivity index (χ4n) is 4.49. The van der Waals surface area contributed by atoms with Gasteiger partial charge in [-0.1, -0.05) is 18.2 Å². The summed E-state index contributed by atoms with van der Waals surface area (Å²) in [5.41, 5.74) is 3.80. The number of nitrogens with zero attached hydrogens (tertiary/aromatic N) is 3. The molecule has 0 bridgehead atoms. The molecule has 0 aliphatic carbocycles. The minimum Gasteiger partial charge on any atom is -0.372 e. The fourth-order valence-corrected chi connectivity index (χ4v) is 4.49. The molecular weight excluding hydrogens is 310 g/mol. The van der Waals surface area contributed by atoms with E-state index in [-0.39, 0.29) is 11.1 Å². The molecule has 1 aromatic carbocycles. The summed E-state index contributed by atoms with van der Waals surface area (Å²) in [5, 5.41) is 12.1. The zero-order chi connectivity index (χ0) is 18.2. The van der Waals surface area contributed by atoms with Crippen molar-refractivity contribution in [2.45, 2.75) is 58.5 Å². The second kappa shape index (κ2) is 6.65. The fraction of sp³-hybridized carbons (Fsp3) is 0.619. The monoisotopic (exact) mass is 343 g/mol. The predicted octanol–water partition coefficient (Wildman–Crippen LogP) is 4.12. The van der Waals surface area contributed by atoms with Crippen LogP contribution in [-0.2, 0) is 0 Å². The van der Waals surface area contributed by atoms with E-state index in [1.165, 1.54) is 17.0 Å². The molecule has 0 amide bonds. The molecule has 4 nitrogen and oxygen atoms in total. The number of piperidine rings is 1. The van der Waals surface area contributed by atoms with Gasteiger partial charge in [-0.15, -0.1) is 0 Å². The molecule has 0 spiro atoms. The Balaban J connectivity index is 1.71. The van der Waals surface area contributed by atoms with Gasteiger partial charge in [0.25, 0.3) is 0 Å². The van der Waals surface area contributed by atoms with Crippen LogP contribution in [-0.4, -0.2) is 52.4 Å². The third-order valence-electron chi connectivity index (χ3n) is 5.83. The Morgan fingerprint density at radius 2 is 1.40 bits per heavy atom. The number of benzene rings is 1. The van der Waals surface area contributed by atoms with Crippen molar-refractivity contribution in [3.63, 3.8) is 0 Å². The van der Waals surface area contributed by atoms with Gasteiger partial charge in [0.1, 0.15) is 0 Å². The van der Waals surface area contributed by atoms with Gasteiger partial charge in [0, 0.05) is 48.6 Å². The van der Waals surface area contributed by atoms with Crippen molar-refractivity contribution in [3.05, 3.63) is 41.6 Å². The van der Waals surface area contributed by atoms with Gasteiger partial charge in [0.15, 0.2) is 0 Å². The molecule has 1 aromatic rings. The molecule has 1 N–H and O–H groups in total. The van der Waals surface area contributed by atoms with Crippen LogP contribution in [0.1, 0.15) is 47.5 Å². The number of piperazine rings is 1. The molecular formula is C21H33N3O. The highest BCUT2D eigenvalue weighted by Crippen LogP contribution is 2.41. The molecule has 2 fully saturated rings. The van der Waals surface area contributed by atoms with Gasteiger partial charge in [-0.2, -0.15) is 5.06 Å². The SMILES string of the molecule is CC(=C1CC(C)(C)N(O)C(C)(C)C1)N1CCN(c2ccccc2)CC1. The van der Waals surface area contributed by atoms with Crippen molar-refractivity contribution in [1.29, 1.82) is 0 Å². The van der Waals surface area contributed by atoms with Gasteiger partial charge in [-0.3, -0.25) is 0 Å². The summed E-state index contributed by atoms with van der Waals surface area (Å²) in [6, 6.07) is 10.7. The third kappa shape index (κ3) is 3.70. The first kappa shape index (κ1) is 18.3. The molecule has 0 radical (unpaired) electrons. The topological polar surface area (TPSA) is 30.0 Å². The molecule has 0 saturated carbocycles. The number of anilines is 1. The average Bonchev–Trinajstić information content (AvgIpc) is 2.59. The Morgan fingerprint density at radius 1 is 0.880 bits per heavy atom. The smallest absolute Gasteiger partial charge is 0.0448 e. The molecule has 138 valence electrons. The number of hydrogen-bond acceptors (Lipinski definition) is 4. The van der Waals surface area contributed by atoms with Crippen LogP contribution in [0.5, 0.6) is 0 Å². The normalized spacial score (nSPS) is 23.7. The zero-order valence-electron chi connectivity index (χ0n) is 16.4. The van der Waals surface area contributed by atoms with E-state index >= 15 is 0 Å². The van der Waals surface area contributed by atoms with Gasteiger partial charge in [0.2, 0.25) is 0 Å². The van der Waals surface area contributed by atoms with Crippen LogP contribution < -0.4 is 4.90 Å². The van der Waals surface area contributed by atoms with E-state index in [9.17, 15) is 5.21 Å². The zero-order valence-corrected chi connectivity index (χ0v) is 16.4. The summed E-state index contributed by atoms with van der Waals surface area (Å²) >= 11 is 0. The van der Waals surface area contributed by atoms with Gasteiger partial charge in [-0.25, -0.2) is 0 Å². The summed E-state index contributed by atoms with van der Waals surface area (Å²) in [4.78, 5) is 5.01. The van der Waals surface area contributed by atoms with Gasteiger partial charge in [-0.05, 0) is 65.2 Å². The highest BCUT2D eigenvalue weighted by molar-refractivity contribution is 5.46. The van der Waals surface area contributed by atoms with Crippen LogP contribution in [0.15, 0.2) is 41.6 Å². The quantitative estimate of drug-likeness (QED) is 0.875. The van der Waals surface area contributed by atoms with Crippen LogP contribution >= 0.6 is 0 Å². The van der Waals surface area contributed by atoms with Crippen LogP contribution in [0.2, 0.25) is 0 Å². The Hall–Kier alpha value is -1.52. The van der Waals surface area contributed by atoms with E-state index in [0.717, 1.165) is 39.0 Å². The van der Waals surface area contributed by atoms with E-state index < -0.39 is 0 Å². The van der Waals surface area contributed by atoms with Crippen molar-refractivity contribution >= 4 is 5.69 Å². The summed E-state index contributed by atoms with van der Waals surface area (Å²) in [7, 11) is 0. The van der Waals surface area contributed by atoms with Crippen molar-refractivity contribution < 1.29 is 5.21 Å². The van der Waals surface area contributed by atoms with Crippen molar-refractivity contribution in [3.8, 4) is 0 Å². The van der Waals surface area contributed by atoms with E-state index in [1.54, 1.807) is 5.06 Å². The number of hydroxylamine groups is 2. The Bertz CT molecular complexity index is 608. The molecule has 25 heavy (non-hydrogen) atoms. The maximum absolute atomic E-state index is 10.5. The minimum atomic E-state index is -0.218. The van der Waals surface area contributed by atoms with Gasteiger partial charge < -0.3 is 15.0 Å². The maximum atomic E-state index is 10.5. The highest BCUT2D eigenvalue weighted by atomic mass is 16.5. The molecule has 2 saturated heterocycles. The second-order valence-corrected chi connectivity index (χ2v) is 8.79. The van der Waals surface area contributed by atoms with E-state index in [0.29, 0.717) is 0 Å². The molecule has 0 unspecified atom stereocenters. The third-order valence-corrected chi connectivity index (χ3v) is 5.83. The van der Waals surface area contributed by atoms with E-state index in [2.05, 4.69) is 74.8 Å². The lowest BCUT2D eigenvalue weighted by molar-refractivity contribution is -0.233. The molecule has 0 aromatic heterocycles. The van der Waals surface area contributed by atoms with E-state index in [4.69, 9.17) is 0 Å². The maximum Gasteiger partial charge on any atom is 0.0448 e. The lowest BCUT2D eigenvalue weighted by atomic mass is 9.78. The molecule has 2 aliphatic heterocycles. The summed E-state index contributed by atoms with van der Waals surface area (Å²) in [6.07, 6.45) is 1.86. The summed E-state index contributed by atoms with van der Waals surface area (Å²) in [6.45, 7) is 15.1. The molecule has 4 heteroatoms. The number of para-hydroxylation sites is 1. The Labute approximate surface area is 152 Å². The van der Waals surface area contributed by atoms with E-state index in [1.807, 2.05) is 0 Å². The minimum absolute atomic E-state index is 0.218. The van der Waals surface area contributed by atoms with Crippen LogP contribution in [0.25, 0.3) is 0 Å². The Kier molecular flexibility index (Phi) is 4.86. The molecule has 2 heterocycles. The predicted molar refractivity (Wildman–Crippen MR) is 104 cm³/mol. The first-order valence-corrected chi connectivity index (χ1v) is 9.43. The van der Waals surface area contributed by atoms with Crippen LogP contribution in [0, 0.1) is 0 Å². The van der Waals surface area contributed by atoms with Crippen molar-refractivity contribution in [1.82, 2.24) is 9.96 Å². The summed E-state index contributed by atoms with van der Waals surface area (Å²) in [5.74, 6) is 0. The number of rotatable bonds is 2. The van der Waals surface area contributed by atoms with Gasteiger partial charge >= 0.3 is 0 Å². The number of allylic oxidation sites excluding steroid dienone is 1. The van der Waals surface area contributed by atoms with Gasteiger partial charge in [0.05, 0.1) is 0 Å². The number of hydrogen-bond donors (Lipinski definition) is 1. The lowest BCUT2D eigenvalue weighted by Gasteiger charge is -2.50.